The summed E-state index contributed by atoms with van der Waals surface area (Å²) < 4.78 is 10.6. The number of anilines is 1. The Hall–Kier alpha value is -2.54. The van der Waals surface area contributed by atoms with E-state index in [1.807, 2.05) is 0 Å². The number of hydrogen-bond donors (Lipinski definition) is 2. The Kier molecular flexibility index (Phi) is 4.44. The topological polar surface area (TPSA) is 102 Å². The number of nitrogens with zero attached hydrogens (tertiary/aromatic N) is 1. The molecule has 1 aliphatic rings. The number of hydrogen-bond acceptors (Lipinski definition) is 5. The molecule has 1 fully saturated rings. The van der Waals surface area contributed by atoms with Crippen LogP contribution in [0.15, 0.2) is 22.6 Å². The van der Waals surface area contributed by atoms with Gasteiger partial charge in [0.25, 0.3) is 5.91 Å². The maximum Gasteiger partial charge on any atom is 0.341 e. The van der Waals surface area contributed by atoms with Crippen LogP contribution in [-0.2, 0) is 4.79 Å². The maximum atomic E-state index is 12.3. The molecule has 0 spiro atoms. The second-order valence-electron chi connectivity index (χ2n) is 5.52. The highest BCUT2D eigenvalue weighted by atomic mass is 35.5. The molecule has 1 amide bonds. The van der Waals surface area contributed by atoms with E-state index in [0.717, 1.165) is 12.8 Å². The second-order valence-corrected chi connectivity index (χ2v) is 5.93. The van der Waals surface area contributed by atoms with Gasteiger partial charge < -0.3 is 19.6 Å². The number of halogens is 1. The highest BCUT2D eigenvalue weighted by Gasteiger charge is 2.30. The zero-order valence-corrected chi connectivity index (χ0v) is 13.6. The van der Waals surface area contributed by atoms with Crippen molar-refractivity contribution in [1.82, 2.24) is 4.98 Å². The lowest BCUT2D eigenvalue weighted by Crippen LogP contribution is -2.13. The van der Waals surface area contributed by atoms with Crippen LogP contribution in [0.25, 0.3) is 0 Å². The van der Waals surface area contributed by atoms with Crippen LogP contribution >= 0.6 is 11.6 Å². The highest BCUT2D eigenvalue weighted by Crippen LogP contribution is 2.40. The van der Waals surface area contributed by atoms with E-state index in [9.17, 15) is 9.59 Å². The van der Waals surface area contributed by atoms with E-state index < -0.39 is 18.5 Å². The molecular formula is C16H15ClN2O5. The number of rotatable bonds is 6. The van der Waals surface area contributed by atoms with Crippen LogP contribution in [0.1, 0.15) is 40.9 Å². The molecule has 0 aliphatic heterocycles. The number of carboxylic acid groups (broad SMARTS) is 1. The number of aliphatic carboxylic acids is 1. The van der Waals surface area contributed by atoms with Gasteiger partial charge in [-0.05, 0) is 38.0 Å². The Balaban J connectivity index is 1.70. The van der Waals surface area contributed by atoms with Crippen molar-refractivity contribution in [3.05, 3.63) is 40.6 Å². The van der Waals surface area contributed by atoms with Crippen molar-refractivity contribution in [3.63, 3.8) is 0 Å². The minimum absolute atomic E-state index is 0.180. The molecule has 0 radical (unpaired) electrons. The van der Waals surface area contributed by atoms with Crippen molar-refractivity contribution in [2.45, 2.75) is 25.7 Å². The number of oxazole rings is 1. The van der Waals surface area contributed by atoms with Crippen LogP contribution in [0.4, 0.5) is 5.69 Å². The Bertz CT molecular complexity index is 798. The molecule has 7 nitrogen and oxygen atoms in total. The molecule has 1 aromatic carbocycles. The van der Waals surface area contributed by atoms with Crippen LogP contribution < -0.4 is 10.1 Å². The minimum atomic E-state index is -1.10. The van der Waals surface area contributed by atoms with Gasteiger partial charge in [0.2, 0.25) is 5.76 Å². The van der Waals surface area contributed by atoms with Gasteiger partial charge in [-0.1, -0.05) is 11.6 Å². The van der Waals surface area contributed by atoms with Crippen molar-refractivity contribution < 1.29 is 23.8 Å². The van der Waals surface area contributed by atoms with Crippen molar-refractivity contribution >= 4 is 29.2 Å². The monoisotopic (exact) mass is 350 g/mol. The first kappa shape index (κ1) is 16.3. The molecule has 1 aromatic heterocycles. The van der Waals surface area contributed by atoms with E-state index in [1.54, 1.807) is 13.0 Å². The van der Waals surface area contributed by atoms with Crippen LogP contribution in [-0.4, -0.2) is 28.6 Å². The van der Waals surface area contributed by atoms with Crippen LogP contribution in [0, 0.1) is 6.92 Å². The number of amides is 1. The molecule has 0 saturated heterocycles. The third-order valence-corrected chi connectivity index (χ3v) is 3.78. The van der Waals surface area contributed by atoms with Crippen molar-refractivity contribution in [2.24, 2.45) is 0 Å². The summed E-state index contributed by atoms with van der Waals surface area (Å²) in [5, 5.41) is 11.5. The number of carbonyl (C=O) groups excluding carboxylic acids is 1. The molecule has 0 atom stereocenters. The van der Waals surface area contributed by atoms with E-state index in [4.69, 9.17) is 25.9 Å². The van der Waals surface area contributed by atoms with Gasteiger partial charge in [0.15, 0.2) is 12.5 Å². The molecule has 2 aromatic rings. The lowest BCUT2D eigenvalue weighted by molar-refractivity contribution is -0.139. The first-order valence-corrected chi connectivity index (χ1v) is 7.74. The van der Waals surface area contributed by atoms with E-state index >= 15 is 0 Å². The van der Waals surface area contributed by atoms with Gasteiger partial charge in [0, 0.05) is 11.6 Å². The summed E-state index contributed by atoms with van der Waals surface area (Å²) >= 11 is 6.02. The summed E-state index contributed by atoms with van der Waals surface area (Å²) in [6.45, 7) is 1.23. The molecule has 1 saturated carbocycles. The van der Waals surface area contributed by atoms with Crippen molar-refractivity contribution in [1.29, 1.82) is 0 Å². The fourth-order valence-electron chi connectivity index (χ4n) is 2.16. The second kappa shape index (κ2) is 6.52. The van der Waals surface area contributed by atoms with E-state index in [-0.39, 0.29) is 16.5 Å². The number of carbonyl (C=O) groups is 2. The lowest BCUT2D eigenvalue weighted by Gasteiger charge is -2.08. The molecule has 0 bridgehead atoms. The summed E-state index contributed by atoms with van der Waals surface area (Å²) in [5.41, 5.74) is 0.985. The first-order chi connectivity index (χ1) is 11.4. The molecule has 1 aliphatic carbocycles. The number of aromatic nitrogens is 1. The Morgan fingerprint density at radius 1 is 1.46 bits per heavy atom. The fourth-order valence-corrected chi connectivity index (χ4v) is 2.39. The quantitative estimate of drug-likeness (QED) is 0.829. The number of carboxylic acids is 1. The van der Waals surface area contributed by atoms with Crippen LogP contribution in [0.5, 0.6) is 5.75 Å². The average molecular weight is 351 g/mol. The van der Waals surface area contributed by atoms with Crippen molar-refractivity contribution in [3.8, 4) is 5.75 Å². The summed E-state index contributed by atoms with van der Waals surface area (Å²) in [4.78, 5) is 27.1. The van der Waals surface area contributed by atoms with Gasteiger partial charge in [0.1, 0.15) is 5.75 Å². The molecule has 24 heavy (non-hydrogen) atoms. The number of nitrogens with one attached hydrogen (secondary N) is 1. The largest absolute Gasteiger partial charge is 0.480 e. The molecule has 1 heterocycles. The summed E-state index contributed by atoms with van der Waals surface area (Å²) in [5.74, 6) is -0.181. The van der Waals surface area contributed by atoms with Crippen molar-refractivity contribution in [2.75, 3.05) is 11.9 Å². The fraction of sp³-hybridized carbons (Fsp3) is 0.312. The SMILES string of the molecule is Cc1nc(C2CC2)oc1C(=O)Nc1ccc(OCC(=O)O)c(Cl)c1. The standard InChI is InChI=1S/C16H15ClN2O5/c1-8-14(24-16(18-8)9-2-3-9)15(22)19-10-4-5-12(11(17)6-10)23-7-13(20)21/h4-6,9H,2-3,7H2,1H3,(H,19,22)(H,20,21). The highest BCUT2D eigenvalue weighted by molar-refractivity contribution is 6.32. The molecule has 8 heteroatoms. The Morgan fingerprint density at radius 2 is 2.21 bits per heavy atom. The van der Waals surface area contributed by atoms with Gasteiger partial charge in [0.05, 0.1) is 10.7 Å². The maximum absolute atomic E-state index is 12.3. The smallest absolute Gasteiger partial charge is 0.341 e. The molecule has 2 N–H and O–H groups in total. The van der Waals surface area contributed by atoms with Gasteiger partial charge in [-0.15, -0.1) is 0 Å². The third-order valence-electron chi connectivity index (χ3n) is 3.49. The van der Waals surface area contributed by atoms with Gasteiger partial charge in [-0.2, -0.15) is 0 Å². The lowest BCUT2D eigenvalue weighted by atomic mass is 10.2. The Labute approximate surface area is 142 Å². The van der Waals surface area contributed by atoms with Gasteiger partial charge >= 0.3 is 5.97 Å². The van der Waals surface area contributed by atoms with Crippen LogP contribution in [0.2, 0.25) is 5.02 Å². The van der Waals surface area contributed by atoms with Crippen LogP contribution in [0.3, 0.4) is 0 Å². The number of ether oxygens (including phenoxy) is 1. The first-order valence-electron chi connectivity index (χ1n) is 7.37. The average Bonchev–Trinajstić information content (AvgIpc) is 3.29. The van der Waals surface area contributed by atoms with E-state index in [1.165, 1.54) is 12.1 Å². The predicted octanol–water partition coefficient (Wildman–Crippen LogP) is 3.23. The summed E-state index contributed by atoms with van der Waals surface area (Å²) in [7, 11) is 0. The molecule has 126 valence electrons. The van der Waals surface area contributed by atoms with Gasteiger partial charge in [-0.3, -0.25) is 4.79 Å². The summed E-state index contributed by atoms with van der Waals surface area (Å²) in [6.07, 6.45) is 2.07. The number of benzene rings is 1. The zero-order valence-electron chi connectivity index (χ0n) is 12.8. The molecular weight excluding hydrogens is 336 g/mol. The molecule has 3 rings (SSSR count). The number of aryl methyl sites for hydroxylation is 1. The predicted molar refractivity (Wildman–Crippen MR) is 85.8 cm³/mol. The van der Waals surface area contributed by atoms with E-state index in [2.05, 4.69) is 10.3 Å². The van der Waals surface area contributed by atoms with E-state index in [0.29, 0.717) is 23.2 Å². The molecule has 0 unspecified atom stereocenters. The minimum Gasteiger partial charge on any atom is -0.480 e. The zero-order chi connectivity index (χ0) is 17.3. The van der Waals surface area contributed by atoms with Gasteiger partial charge in [-0.25, -0.2) is 9.78 Å². The normalized spacial score (nSPS) is 13.6. The third kappa shape index (κ3) is 3.68. The Morgan fingerprint density at radius 3 is 2.83 bits per heavy atom. The summed E-state index contributed by atoms with van der Waals surface area (Å²) in [6, 6.07) is 4.53.